The van der Waals surface area contributed by atoms with Gasteiger partial charge in [-0.2, -0.15) is 12.6 Å². The Bertz CT molecular complexity index is 289. The molecular weight excluding hydrogens is 180 g/mol. The highest BCUT2D eigenvalue weighted by Gasteiger charge is 2.12. The van der Waals surface area contributed by atoms with Crippen molar-refractivity contribution in [3.8, 4) is 0 Å². The van der Waals surface area contributed by atoms with Crippen LogP contribution in [0.15, 0.2) is 24.3 Å². The summed E-state index contributed by atoms with van der Waals surface area (Å²) in [5, 5.41) is 0. The zero-order chi connectivity index (χ0) is 9.84. The van der Waals surface area contributed by atoms with Crippen LogP contribution in [0.25, 0.3) is 0 Å². The van der Waals surface area contributed by atoms with Crippen LogP contribution in [0, 0.1) is 12.8 Å². The van der Waals surface area contributed by atoms with Crippen LogP contribution >= 0.6 is 12.6 Å². The second-order valence-electron chi connectivity index (χ2n) is 3.31. The Morgan fingerprint density at radius 1 is 1.38 bits per heavy atom. The summed E-state index contributed by atoms with van der Waals surface area (Å²) in [4.78, 5) is 11.6. The van der Waals surface area contributed by atoms with Gasteiger partial charge in [0.15, 0.2) is 5.78 Å². The van der Waals surface area contributed by atoms with Gasteiger partial charge in [-0.15, -0.1) is 0 Å². The first-order valence-electron chi connectivity index (χ1n) is 4.37. The van der Waals surface area contributed by atoms with E-state index in [0.29, 0.717) is 5.75 Å². The van der Waals surface area contributed by atoms with Gasteiger partial charge in [-0.05, 0) is 6.92 Å². The normalized spacial score (nSPS) is 12.5. The van der Waals surface area contributed by atoms with Gasteiger partial charge in [0, 0.05) is 17.2 Å². The predicted octanol–water partition coefficient (Wildman–Crippen LogP) is 2.74. The van der Waals surface area contributed by atoms with Crippen molar-refractivity contribution in [2.24, 2.45) is 5.92 Å². The van der Waals surface area contributed by atoms with Crippen molar-refractivity contribution in [2.45, 2.75) is 13.8 Å². The Morgan fingerprint density at radius 2 is 1.92 bits per heavy atom. The monoisotopic (exact) mass is 194 g/mol. The summed E-state index contributed by atoms with van der Waals surface area (Å²) in [7, 11) is 0. The highest BCUT2D eigenvalue weighted by Crippen LogP contribution is 2.10. The van der Waals surface area contributed by atoms with Crippen molar-refractivity contribution in [3.05, 3.63) is 35.4 Å². The van der Waals surface area contributed by atoms with Crippen LogP contribution in [-0.4, -0.2) is 11.5 Å². The van der Waals surface area contributed by atoms with Gasteiger partial charge in [0.2, 0.25) is 0 Å². The van der Waals surface area contributed by atoms with Crippen molar-refractivity contribution in [2.75, 3.05) is 5.75 Å². The van der Waals surface area contributed by atoms with E-state index in [9.17, 15) is 4.79 Å². The van der Waals surface area contributed by atoms with Crippen LogP contribution in [0.5, 0.6) is 0 Å². The number of hydrogen-bond acceptors (Lipinski definition) is 2. The first-order chi connectivity index (χ1) is 6.15. The molecule has 1 atom stereocenters. The molecule has 1 aromatic carbocycles. The molecule has 0 bridgehead atoms. The second kappa shape index (κ2) is 4.47. The van der Waals surface area contributed by atoms with Crippen molar-refractivity contribution < 1.29 is 4.79 Å². The third kappa shape index (κ3) is 2.59. The molecule has 2 heteroatoms. The fourth-order valence-electron chi connectivity index (χ4n) is 1.09. The summed E-state index contributed by atoms with van der Waals surface area (Å²) in [6, 6.07) is 7.66. The molecule has 0 aromatic heterocycles. The largest absolute Gasteiger partial charge is 0.294 e. The molecule has 0 N–H and O–H groups in total. The molecule has 0 spiro atoms. The topological polar surface area (TPSA) is 17.1 Å². The maximum absolute atomic E-state index is 11.6. The van der Waals surface area contributed by atoms with Gasteiger partial charge in [0.1, 0.15) is 0 Å². The molecule has 0 saturated heterocycles. The Labute approximate surface area is 84.6 Å². The first kappa shape index (κ1) is 10.3. The van der Waals surface area contributed by atoms with Crippen LogP contribution in [-0.2, 0) is 0 Å². The Hall–Kier alpha value is -0.760. The Balaban J connectivity index is 2.83. The second-order valence-corrected chi connectivity index (χ2v) is 3.68. The summed E-state index contributed by atoms with van der Waals surface area (Å²) in [5.41, 5.74) is 1.96. The van der Waals surface area contributed by atoms with E-state index >= 15 is 0 Å². The number of carbonyl (C=O) groups is 1. The molecule has 0 fully saturated rings. The zero-order valence-electron chi connectivity index (χ0n) is 7.95. The number of carbonyl (C=O) groups excluding carboxylic acids is 1. The number of thiol groups is 1. The van der Waals surface area contributed by atoms with E-state index in [4.69, 9.17) is 0 Å². The molecule has 13 heavy (non-hydrogen) atoms. The summed E-state index contributed by atoms with van der Waals surface area (Å²) in [5.74, 6) is 0.785. The van der Waals surface area contributed by atoms with E-state index in [-0.39, 0.29) is 11.7 Å². The molecule has 0 aliphatic heterocycles. The van der Waals surface area contributed by atoms with Crippen molar-refractivity contribution >= 4 is 18.4 Å². The third-order valence-electron chi connectivity index (χ3n) is 2.06. The minimum absolute atomic E-state index is 0.00559. The first-order valence-corrected chi connectivity index (χ1v) is 5.00. The van der Waals surface area contributed by atoms with Crippen LogP contribution in [0.1, 0.15) is 22.8 Å². The van der Waals surface area contributed by atoms with Crippen LogP contribution in [0.3, 0.4) is 0 Å². The average Bonchev–Trinajstić information content (AvgIpc) is 2.17. The number of hydrogen-bond donors (Lipinski definition) is 1. The van der Waals surface area contributed by atoms with E-state index in [0.717, 1.165) is 5.56 Å². The summed E-state index contributed by atoms with van der Waals surface area (Å²) < 4.78 is 0. The van der Waals surface area contributed by atoms with E-state index in [1.165, 1.54) is 5.56 Å². The number of Topliss-reactive ketones (excluding diaryl/α,β-unsaturated/α-hetero) is 1. The predicted molar refractivity (Wildman–Crippen MR) is 58.5 cm³/mol. The molecule has 0 amide bonds. The van der Waals surface area contributed by atoms with Crippen LogP contribution < -0.4 is 0 Å². The Kier molecular flexibility index (Phi) is 3.55. The molecular formula is C11H14OS. The number of aryl methyl sites for hydroxylation is 1. The molecule has 0 aliphatic rings. The molecule has 1 rings (SSSR count). The molecule has 0 aliphatic carbocycles. The van der Waals surface area contributed by atoms with Gasteiger partial charge < -0.3 is 0 Å². The highest BCUT2D eigenvalue weighted by atomic mass is 32.1. The van der Waals surface area contributed by atoms with Gasteiger partial charge >= 0.3 is 0 Å². The SMILES string of the molecule is Cc1ccc(C(=O)[C@H](C)CS)cc1. The third-order valence-corrected chi connectivity index (χ3v) is 2.61. The van der Waals surface area contributed by atoms with Gasteiger partial charge in [-0.1, -0.05) is 36.8 Å². The zero-order valence-corrected chi connectivity index (χ0v) is 8.84. The smallest absolute Gasteiger partial charge is 0.166 e. The lowest BCUT2D eigenvalue weighted by Gasteiger charge is -2.06. The molecule has 0 unspecified atom stereocenters. The fraction of sp³-hybridized carbons (Fsp3) is 0.364. The number of rotatable bonds is 3. The Morgan fingerprint density at radius 3 is 2.38 bits per heavy atom. The van der Waals surface area contributed by atoms with Crippen molar-refractivity contribution in [1.82, 2.24) is 0 Å². The summed E-state index contributed by atoms with van der Waals surface area (Å²) >= 11 is 4.10. The summed E-state index contributed by atoms with van der Waals surface area (Å²) in [6.07, 6.45) is 0. The van der Waals surface area contributed by atoms with Gasteiger partial charge in [0.05, 0.1) is 0 Å². The molecule has 1 nitrogen and oxygen atoms in total. The van der Waals surface area contributed by atoms with Crippen LogP contribution in [0.2, 0.25) is 0 Å². The van der Waals surface area contributed by atoms with Gasteiger partial charge in [-0.3, -0.25) is 4.79 Å². The van der Waals surface area contributed by atoms with E-state index in [1.807, 2.05) is 38.1 Å². The lowest BCUT2D eigenvalue weighted by Crippen LogP contribution is -2.12. The number of benzene rings is 1. The fourth-order valence-corrected chi connectivity index (χ4v) is 1.25. The molecule has 0 heterocycles. The molecule has 0 saturated carbocycles. The summed E-state index contributed by atoms with van der Waals surface area (Å²) in [6.45, 7) is 3.91. The molecule has 0 radical (unpaired) electrons. The minimum atomic E-state index is 0.00559. The van der Waals surface area contributed by atoms with Crippen LogP contribution in [0.4, 0.5) is 0 Å². The van der Waals surface area contributed by atoms with Gasteiger partial charge in [-0.25, -0.2) is 0 Å². The average molecular weight is 194 g/mol. The lowest BCUT2D eigenvalue weighted by molar-refractivity contribution is 0.0942. The maximum Gasteiger partial charge on any atom is 0.166 e. The van der Waals surface area contributed by atoms with E-state index in [1.54, 1.807) is 0 Å². The quantitative estimate of drug-likeness (QED) is 0.578. The maximum atomic E-state index is 11.6. The van der Waals surface area contributed by atoms with Crippen molar-refractivity contribution in [1.29, 1.82) is 0 Å². The minimum Gasteiger partial charge on any atom is -0.294 e. The standard InChI is InChI=1S/C11H14OS/c1-8-3-5-10(6-4-8)11(12)9(2)7-13/h3-6,9,13H,7H2,1-2H3/t9-/m1/s1. The molecule has 70 valence electrons. The van der Waals surface area contributed by atoms with E-state index in [2.05, 4.69) is 12.6 Å². The van der Waals surface area contributed by atoms with Crippen molar-refractivity contribution in [3.63, 3.8) is 0 Å². The van der Waals surface area contributed by atoms with Gasteiger partial charge in [0.25, 0.3) is 0 Å². The lowest BCUT2D eigenvalue weighted by atomic mass is 10.0. The number of ketones is 1. The molecule has 1 aromatic rings. The highest BCUT2D eigenvalue weighted by molar-refractivity contribution is 7.80. The van der Waals surface area contributed by atoms with E-state index < -0.39 is 0 Å².